The van der Waals surface area contributed by atoms with Gasteiger partial charge in [0.1, 0.15) is 0 Å². The molecule has 2 aromatic rings. The number of thioether (sulfide) groups is 1. The Morgan fingerprint density at radius 3 is 2.73 bits per heavy atom. The fourth-order valence-corrected chi connectivity index (χ4v) is 3.59. The number of ether oxygens (including phenoxy) is 2. The summed E-state index contributed by atoms with van der Waals surface area (Å²) in [6.45, 7) is 2.48. The molecule has 2 aromatic carbocycles. The normalized spacial score (nSPS) is 10.8. The summed E-state index contributed by atoms with van der Waals surface area (Å²) in [5.74, 6) is 1.41. The second-order valence-corrected chi connectivity index (χ2v) is 7.65. The molecule has 0 heterocycles. The van der Waals surface area contributed by atoms with E-state index in [1.165, 1.54) is 11.8 Å². The molecule has 0 aliphatic rings. The van der Waals surface area contributed by atoms with Crippen molar-refractivity contribution in [2.45, 2.75) is 11.8 Å². The summed E-state index contributed by atoms with van der Waals surface area (Å²) in [7, 11) is 1.59. The molecule has 0 fully saturated rings. The topological polar surface area (TPSA) is 59.9 Å². The number of carbonyl (C=O) groups is 1. The van der Waals surface area contributed by atoms with Crippen molar-refractivity contribution in [3.8, 4) is 11.5 Å². The van der Waals surface area contributed by atoms with Crippen molar-refractivity contribution in [1.82, 2.24) is 5.43 Å². The molecule has 0 bridgehead atoms. The second kappa shape index (κ2) is 10.6. The van der Waals surface area contributed by atoms with Crippen LogP contribution in [-0.4, -0.2) is 31.6 Å². The minimum absolute atomic E-state index is 0.186. The van der Waals surface area contributed by atoms with Gasteiger partial charge in [0.15, 0.2) is 11.5 Å². The van der Waals surface area contributed by atoms with Crippen LogP contribution in [0.3, 0.4) is 0 Å². The average molecular weight is 505 g/mol. The van der Waals surface area contributed by atoms with E-state index < -0.39 is 0 Å². The zero-order chi connectivity index (χ0) is 18.9. The molecule has 0 atom stereocenters. The first-order valence-corrected chi connectivity index (χ1v) is 10.2. The first-order chi connectivity index (χ1) is 12.5. The van der Waals surface area contributed by atoms with Gasteiger partial charge in [0.25, 0.3) is 0 Å². The van der Waals surface area contributed by atoms with Crippen LogP contribution >= 0.6 is 46.0 Å². The zero-order valence-corrected chi connectivity index (χ0v) is 18.0. The predicted octanol–water partition coefficient (Wildman–Crippen LogP) is 4.59. The summed E-state index contributed by atoms with van der Waals surface area (Å²) in [5, 5.41) is 4.67. The van der Waals surface area contributed by atoms with Crippen LogP contribution in [-0.2, 0) is 4.79 Å². The Labute approximate surface area is 175 Å². The Balaban J connectivity index is 1.91. The second-order valence-electron chi connectivity index (χ2n) is 5.00. The van der Waals surface area contributed by atoms with Crippen LogP contribution in [0.2, 0.25) is 5.02 Å². The summed E-state index contributed by atoms with van der Waals surface area (Å²) in [6.07, 6.45) is 1.57. The monoisotopic (exact) mass is 504 g/mol. The fraction of sp³-hybridized carbons (Fsp3) is 0.222. The highest BCUT2D eigenvalue weighted by atomic mass is 127. The van der Waals surface area contributed by atoms with Gasteiger partial charge in [-0.25, -0.2) is 5.43 Å². The number of nitrogens with one attached hydrogen (secondary N) is 1. The summed E-state index contributed by atoms with van der Waals surface area (Å²) < 4.78 is 11.8. The first kappa shape index (κ1) is 20.9. The molecule has 0 radical (unpaired) electrons. The number of amides is 1. The van der Waals surface area contributed by atoms with Crippen LogP contribution in [0.25, 0.3) is 0 Å². The number of carbonyl (C=O) groups excluding carboxylic acids is 1. The van der Waals surface area contributed by atoms with Gasteiger partial charge in [-0.05, 0) is 71.5 Å². The van der Waals surface area contributed by atoms with Gasteiger partial charge >= 0.3 is 0 Å². The number of methoxy groups -OCH3 is 1. The van der Waals surface area contributed by atoms with Crippen molar-refractivity contribution in [2.75, 3.05) is 19.5 Å². The van der Waals surface area contributed by atoms with Crippen molar-refractivity contribution in [1.29, 1.82) is 0 Å². The van der Waals surface area contributed by atoms with Crippen LogP contribution < -0.4 is 14.9 Å². The molecule has 0 unspecified atom stereocenters. The number of hydrazone groups is 1. The van der Waals surface area contributed by atoms with Gasteiger partial charge in [0.05, 0.1) is 29.3 Å². The highest BCUT2D eigenvalue weighted by Gasteiger charge is 2.10. The molecule has 2 rings (SSSR count). The molecule has 0 saturated heterocycles. The van der Waals surface area contributed by atoms with Gasteiger partial charge in [-0.3, -0.25) is 4.79 Å². The van der Waals surface area contributed by atoms with E-state index in [0.29, 0.717) is 23.1 Å². The maximum absolute atomic E-state index is 11.9. The lowest BCUT2D eigenvalue weighted by Crippen LogP contribution is -2.19. The quantitative estimate of drug-likeness (QED) is 0.247. The van der Waals surface area contributed by atoms with Crippen LogP contribution in [0.5, 0.6) is 11.5 Å². The highest BCUT2D eigenvalue weighted by Crippen LogP contribution is 2.33. The molecule has 0 saturated carbocycles. The maximum Gasteiger partial charge on any atom is 0.250 e. The van der Waals surface area contributed by atoms with E-state index in [4.69, 9.17) is 21.1 Å². The molecule has 0 aliphatic heterocycles. The Hall–Kier alpha value is -1.45. The molecule has 0 aliphatic carbocycles. The van der Waals surface area contributed by atoms with E-state index in [2.05, 4.69) is 33.1 Å². The van der Waals surface area contributed by atoms with Crippen molar-refractivity contribution >= 4 is 58.1 Å². The van der Waals surface area contributed by atoms with Crippen LogP contribution in [0.1, 0.15) is 12.5 Å². The minimum atomic E-state index is -0.186. The molecule has 26 heavy (non-hydrogen) atoms. The van der Waals surface area contributed by atoms with E-state index in [1.54, 1.807) is 25.5 Å². The Morgan fingerprint density at radius 1 is 1.35 bits per heavy atom. The summed E-state index contributed by atoms with van der Waals surface area (Å²) >= 11 is 9.43. The highest BCUT2D eigenvalue weighted by molar-refractivity contribution is 14.1. The van der Waals surface area contributed by atoms with Gasteiger partial charge < -0.3 is 9.47 Å². The lowest BCUT2D eigenvalue weighted by molar-refractivity contribution is -0.118. The summed E-state index contributed by atoms with van der Waals surface area (Å²) in [5.41, 5.74) is 3.32. The van der Waals surface area contributed by atoms with Crippen LogP contribution in [0.15, 0.2) is 46.4 Å². The van der Waals surface area contributed by atoms with Crippen LogP contribution in [0, 0.1) is 3.57 Å². The largest absolute Gasteiger partial charge is 0.493 e. The standard InChI is InChI=1S/C18H18ClIN2O3S/c1-3-25-18-15(20)8-12(9-16(18)24-2)10-21-22-17(23)11-26-14-6-4-13(19)5-7-14/h4-10H,3,11H2,1-2H3,(H,22,23)/b21-10+. The predicted molar refractivity (Wildman–Crippen MR) is 115 cm³/mol. The molecule has 138 valence electrons. The molecule has 1 amide bonds. The van der Waals surface area contributed by atoms with Crippen LogP contribution in [0.4, 0.5) is 0 Å². The molecule has 0 aromatic heterocycles. The van der Waals surface area contributed by atoms with Gasteiger partial charge in [0.2, 0.25) is 5.91 Å². The molecule has 5 nitrogen and oxygen atoms in total. The Morgan fingerprint density at radius 2 is 2.08 bits per heavy atom. The minimum Gasteiger partial charge on any atom is -0.493 e. The van der Waals surface area contributed by atoms with Gasteiger partial charge in [-0.2, -0.15) is 5.10 Å². The number of benzene rings is 2. The van der Waals surface area contributed by atoms with E-state index in [-0.39, 0.29) is 11.7 Å². The SMILES string of the molecule is CCOc1c(I)cc(/C=N/NC(=O)CSc2ccc(Cl)cc2)cc1OC. The third-order valence-corrected chi connectivity index (χ3v) is 5.19. The lowest BCUT2D eigenvalue weighted by Gasteiger charge is -2.12. The fourth-order valence-electron chi connectivity index (χ4n) is 1.99. The van der Waals surface area contributed by atoms with E-state index in [0.717, 1.165) is 14.0 Å². The smallest absolute Gasteiger partial charge is 0.250 e. The van der Waals surface area contributed by atoms with Gasteiger partial charge in [0, 0.05) is 9.92 Å². The summed E-state index contributed by atoms with van der Waals surface area (Å²) in [6, 6.07) is 11.1. The van der Waals surface area contributed by atoms with E-state index in [1.807, 2.05) is 31.2 Å². The van der Waals surface area contributed by atoms with Crippen molar-refractivity contribution in [3.63, 3.8) is 0 Å². The summed E-state index contributed by atoms with van der Waals surface area (Å²) in [4.78, 5) is 12.9. The average Bonchev–Trinajstić information content (AvgIpc) is 2.63. The van der Waals surface area contributed by atoms with Crippen molar-refractivity contribution in [3.05, 3.63) is 50.6 Å². The molecular weight excluding hydrogens is 487 g/mol. The van der Waals surface area contributed by atoms with Gasteiger partial charge in [-0.15, -0.1) is 11.8 Å². The Kier molecular flexibility index (Phi) is 8.53. The molecular formula is C18H18ClIN2O3S. The van der Waals surface area contributed by atoms with E-state index >= 15 is 0 Å². The third kappa shape index (κ3) is 6.37. The zero-order valence-electron chi connectivity index (χ0n) is 14.3. The number of halogens is 2. The lowest BCUT2D eigenvalue weighted by atomic mass is 10.2. The Bertz CT molecular complexity index is 785. The number of rotatable bonds is 8. The van der Waals surface area contributed by atoms with Crippen molar-refractivity contribution in [2.24, 2.45) is 5.10 Å². The maximum atomic E-state index is 11.9. The molecule has 1 N–H and O–H groups in total. The first-order valence-electron chi connectivity index (χ1n) is 7.74. The van der Waals surface area contributed by atoms with Crippen molar-refractivity contribution < 1.29 is 14.3 Å². The number of nitrogens with zero attached hydrogens (tertiary/aromatic N) is 1. The number of hydrogen-bond donors (Lipinski definition) is 1. The molecule has 0 spiro atoms. The molecule has 8 heteroatoms. The van der Waals surface area contributed by atoms with E-state index in [9.17, 15) is 4.79 Å². The third-order valence-electron chi connectivity index (χ3n) is 3.13. The van der Waals surface area contributed by atoms with Gasteiger partial charge in [-0.1, -0.05) is 11.6 Å². The number of hydrogen-bond acceptors (Lipinski definition) is 5.